The molecule has 5 aliphatic rings. The molecule has 5 fully saturated rings. The van der Waals surface area contributed by atoms with Gasteiger partial charge in [-0.15, -0.1) is 0 Å². The molecule has 0 atom stereocenters. The second kappa shape index (κ2) is 7.81. The number of rotatable bonds is 6. The molecule has 1 heterocycles. The van der Waals surface area contributed by atoms with Crippen molar-refractivity contribution in [2.45, 2.75) is 101 Å². The van der Waals surface area contributed by atoms with E-state index in [2.05, 4.69) is 0 Å². The van der Waals surface area contributed by atoms with Gasteiger partial charge in [-0.25, -0.2) is 8.42 Å². The van der Waals surface area contributed by atoms with Gasteiger partial charge in [-0.3, -0.25) is 4.79 Å². The average Bonchev–Trinajstić information content (AvgIpc) is 3.60. The fraction of sp³-hybridized carbons (Fsp3) is 0.731. The first kappa shape index (κ1) is 24.3. The number of hydrogen-bond acceptors (Lipinski definition) is 5. The molecule has 6 nitrogen and oxygen atoms in total. The number of amides is 1. The van der Waals surface area contributed by atoms with Gasteiger partial charge in [0, 0.05) is 18.5 Å². The van der Waals surface area contributed by atoms with Crippen LogP contribution in [0.3, 0.4) is 0 Å². The van der Waals surface area contributed by atoms with E-state index in [1.54, 1.807) is 12.1 Å². The van der Waals surface area contributed by atoms with Crippen molar-refractivity contribution in [1.82, 2.24) is 4.90 Å². The molecule has 1 aromatic carbocycles. The van der Waals surface area contributed by atoms with Crippen molar-refractivity contribution in [3.05, 3.63) is 24.3 Å². The first-order valence-electron chi connectivity index (χ1n) is 12.7. The molecule has 0 spiro atoms. The van der Waals surface area contributed by atoms with Crippen molar-refractivity contribution in [3.63, 3.8) is 0 Å². The molecular weight excluding hydrogens is 449 g/mol. The van der Waals surface area contributed by atoms with Crippen LogP contribution in [0.5, 0.6) is 0 Å². The van der Waals surface area contributed by atoms with E-state index in [4.69, 9.17) is 9.31 Å². The van der Waals surface area contributed by atoms with Crippen LogP contribution in [0.4, 0.5) is 0 Å². The molecule has 6 rings (SSSR count). The minimum absolute atomic E-state index is 0.0599. The van der Waals surface area contributed by atoms with E-state index in [0.29, 0.717) is 10.8 Å². The van der Waals surface area contributed by atoms with Crippen LogP contribution in [-0.2, 0) is 23.9 Å². The van der Waals surface area contributed by atoms with E-state index < -0.39 is 28.2 Å². The van der Waals surface area contributed by atoms with Crippen molar-refractivity contribution >= 4 is 28.3 Å². The fourth-order valence-electron chi connectivity index (χ4n) is 6.10. The third-order valence-corrected chi connectivity index (χ3v) is 11.6. The summed E-state index contributed by atoms with van der Waals surface area (Å²) in [6.07, 6.45) is 7.42. The standard InChI is InChI=1S/C26H38BNO5S/c1-23(2)24(3,4)33-27(32-23)20-8-10-21(11-9-20)34(30,31)18-25-12-15-26(16-13-25,17-14-25)28(5)22(29)19-6-7-19/h8-11,19H,6-7,12-18H2,1-5H3. The Balaban J connectivity index is 1.26. The van der Waals surface area contributed by atoms with Gasteiger partial charge in [0.25, 0.3) is 0 Å². The van der Waals surface area contributed by atoms with Gasteiger partial charge < -0.3 is 14.2 Å². The van der Waals surface area contributed by atoms with Gasteiger partial charge in [0.15, 0.2) is 9.84 Å². The summed E-state index contributed by atoms with van der Waals surface area (Å²) in [6.45, 7) is 8.03. The second-order valence-corrected chi connectivity index (χ2v) is 14.3. The van der Waals surface area contributed by atoms with Gasteiger partial charge >= 0.3 is 7.12 Å². The lowest BCUT2D eigenvalue weighted by Crippen LogP contribution is -2.58. The number of fused-ring (bicyclic) bond motifs is 3. The zero-order valence-corrected chi connectivity index (χ0v) is 22.0. The molecular formula is C26H38BNO5S. The molecule has 1 saturated heterocycles. The number of carbonyl (C=O) groups excluding carboxylic acids is 1. The Labute approximate surface area is 204 Å². The third kappa shape index (κ3) is 4.03. The van der Waals surface area contributed by atoms with E-state index in [-0.39, 0.29) is 22.6 Å². The Morgan fingerprint density at radius 1 is 0.941 bits per heavy atom. The summed E-state index contributed by atoms with van der Waals surface area (Å²) in [7, 11) is -1.94. The SMILES string of the molecule is CN(C(=O)C1CC1)C12CCC(CS(=O)(=O)c3ccc(B4OC(C)(C)C(C)(C)O4)cc3)(CC1)CC2. The predicted octanol–water partition coefficient (Wildman–Crippen LogP) is 3.72. The molecule has 4 aliphatic carbocycles. The Morgan fingerprint density at radius 2 is 1.44 bits per heavy atom. The normalized spacial score (nSPS) is 32.1. The van der Waals surface area contributed by atoms with Crippen molar-refractivity contribution in [1.29, 1.82) is 0 Å². The maximum absolute atomic E-state index is 13.4. The number of hydrogen-bond donors (Lipinski definition) is 0. The fourth-order valence-corrected chi connectivity index (χ4v) is 8.06. The molecule has 4 saturated carbocycles. The van der Waals surface area contributed by atoms with Gasteiger partial charge in [-0.05, 0) is 102 Å². The van der Waals surface area contributed by atoms with Gasteiger partial charge in [0.2, 0.25) is 5.91 Å². The molecule has 186 valence electrons. The lowest BCUT2D eigenvalue weighted by atomic mass is 9.57. The first-order valence-corrected chi connectivity index (χ1v) is 14.4. The summed E-state index contributed by atoms with van der Waals surface area (Å²) in [5.74, 6) is 0.712. The zero-order chi connectivity index (χ0) is 24.6. The van der Waals surface area contributed by atoms with Crippen LogP contribution in [0.1, 0.15) is 79.1 Å². The van der Waals surface area contributed by atoms with Crippen LogP contribution in [-0.4, -0.2) is 55.9 Å². The summed E-state index contributed by atoms with van der Waals surface area (Å²) in [5, 5.41) is 0. The van der Waals surface area contributed by atoms with E-state index in [1.807, 2.05) is 51.8 Å². The van der Waals surface area contributed by atoms with Gasteiger partial charge in [0.05, 0.1) is 21.9 Å². The van der Waals surface area contributed by atoms with Gasteiger partial charge in [0.1, 0.15) is 0 Å². The minimum Gasteiger partial charge on any atom is -0.399 e. The minimum atomic E-state index is -3.41. The van der Waals surface area contributed by atoms with Crippen molar-refractivity contribution < 1.29 is 22.5 Å². The summed E-state index contributed by atoms with van der Waals surface area (Å²) < 4.78 is 39.0. The van der Waals surface area contributed by atoms with Gasteiger partial charge in [-0.1, -0.05) is 12.1 Å². The molecule has 1 amide bonds. The summed E-state index contributed by atoms with van der Waals surface area (Å²) in [4.78, 5) is 15.1. The van der Waals surface area contributed by atoms with Crippen molar-refractivity contribution in [2.24, 2.45) is 11.3 Å². The van der Waals surface area contributed by atoms with Crippen LogP contribution in [0, 0.1) is 11.3 Å². The number of benzene rings is 1. The highest BCUT2D eigenvalue weighted by Gasteiger charge is 2.54. The highest BCUT2D eigenvalue weighted by atomic mass is 32.2. The van der Waals surface area contributed by atoms with Crippen LogP contribution in [0.25, 0.3) is 0 Å². The average molecular weight is 487 g/mol. The molecule has 1 aromatic rings. The highest BCUT2D eigenvalue weighted by Crippen LogP contribution is 2.55. The maximum Gasteiger partial charge on any atom is 0.494 e. The molecule has 34 heavy (non-hydrogen) atoms. The van der Waals surface area contributed by atoms with Crippen molar-refractivity contribution in [3.8, 4) is 0 Å². The predicted molar refractivity (Wildman–Crippen MR) is 133 cm³/mol. The molecule has 0 N–H and O–H groups in total. The number of sulfone groups is 1. The zero-order valence-electron chi connectivity index (χ0n) is 21.2. The molecule has 2 bridgehead atoms. The summed E-state index contributed by atoms with van der Waals surface area (Å²) in [5.41, 5.74) is -0.268. The lowest BCUT2D eigenvalue weighted by molar-refractivity contribution is -0.143. The maximum atomic E-state index is 13.4. The second-order valence-electron chi connectivity index (χ2n) is 12.3. The monoisotopic (exact) mass is 487 g/mol. The Bertz CT molecular complexity index is 1040. The largest absolute Gasteiger partial charge is 0.494 e. The van der Waals surface area contributed by atoms with E-state index in [0.717, 1.165) is 56.8 Å². The smallest absolute Gasteiger partial charge is 0.399 e. The van der Waals surface area contributed by atoms with Crippen LogP contribution in [0.15, 0.2) is 29.2 Å². The molecule has 8 heteroatoms. The molecule has 0 unspecified atom stereocenters. The molecule has 0 aromatic heterocycles. The Hall–Kier alpha value is -1.38. The third-order valence-electron chi connectivity index (χ3n) is 9.59. The Morgan fingerprint density at radius 3 is 1.91 bits per heavy atom. The quantitative estimate of drug-likeness (QED) is 0.572. The topological polar surface area (TPSA) is 72.9 Å². The molecule has 1 aliphatic heterocycles. The molecule has 0 radical (unpaired) electrons. The lowest BCUT2D eigenvalue weighted by Gasteiger charge is -2.56. The number of nitrogens with zero attached hydrogens (tertiary/aromatic N) is 1. The van der Waals surface area contributed by atoms with Crippen molar-refractivity contribution in [2.75, 3.05) is 12.8 Å². The van der Waals surface area contributed by atoms with E-state index in [9.17, 15) is 13.2 Å². The Kier molecular flexibility index (Phi) is 5.59. The summed E-state index contributed by atoms with van der Waals surface area (Å²) in [6, 6.07) is 7.03. The summed E-state index contributed by atoms with van der Waals surface area (Å²) >= 11 is 0. The van der Waals surface area contributed by atoms with Crippen LogP contribution >= 0.6 is 0 Å². The number of carbonyl (C=O) groups is 1. The highest BCUT2D eigenvalue weighted by molar-refractivity contribution is 7.91. The first-order chi connectivity index (χ1) is 15.8. The van der Waals surface area contributed by atoms with Gasteiger partial charge in [-0.2, -0.15) is 0 Å². The van der Waals surface area contributed by atoms with E-state index >= 15 is 0 Å². The van der Waals surface area contributed by atoms with Crippen LogP contribution in [0.2, 0.25) is 0 Å². The van der Waals surface area contributed by atoms with E-state index in [1.165, 1.54) is 0 Å². The van der Waals surface area contributed by atoms with Crippen LogP contribution < -0.4 is 5.46 Å².